The molecule has 100 valence electrons. The van der Waals surface area contributed by atoms with E-state index in [0.717, 1.165) is 0 Å². The third kappa shape index (κ3) is 3.22. The fourth-order valence-electron chi connectivity index (χ4n) is 2.74. The highest BCUT2D eigenvalue weighted by molar-refractivity contribution is 5.39. The van der Waals surface area contributed by atoms with Crippen molar-refractivity contribution in [2.24, 2.45) is 5.84 Å². The van der Waals surface area contributed by atoms with E-state index in [4.69, 9.17) is 5.84 Å². The van der Waals surface area contributed by atoms with Crippen LogP contribution in [0.4, 0.5) is 0 Å². The Hall–Kier alpha value is -1.64. The SMILES string of the molecule is Cc1cc(C)cc(C(NN)c2cc(C)cc(C)c2)c1. The van der Waals surface area contributed by atoms with Crippen molar-refractivity contribution < 1.29 is 0 Å². The maximum Gasteiger partial charge on any atom is 0.0710 e. The number of nitrogens with one attached hydrogen (secondary N) is 1. The number of hydrazine groups is 1. The first-order valence-electron chi connectivity index (χ1n) is 6.62. The molecular weight excluding hydrogens is 232 g/mol. The van der Waals surface area contributed by atoms with E-state index in [2.05, 4.69) is 69.5 Å². The van der Waals surface area contributed by atoms with Gasteiger partial charge in [0, 0.05) is 0 Å². The minimum Gasteiger partial charge on any atom is -0.271 e. The van der Waals surface area contributed by atoms with Crippen LogP contribution in [0, 0.1) is 27.7 Å². The molecule has 0 saturated carbocycles. The van der Waals surface area contributed by atoms with Gasteiger partial charge in [-0.15, -0.1) is 0 Å². The Bertz CT molecular complexity index is 496. The molecule has 0 radical (unpaired) electrons. The second-order valence-electron chi connectivity index (χ2n) is 5.44. The van der Waals surface area contributed by atoms with Gasteiger partial charge in [0.15, 0.2) is 0 Å². The Labute approximate surface area is 115 Å². The van der Waals surface area contributed by atoms with Gasteiger partial charge in [0.05, 0.1) is 6.04 Å². The predicted molar refractivity (Wildman–Crippen MR) is 81.0 cm³/mol. The Kier molecular flexibility index (Phi) is 4.03. The normalized spacial score (nSPS) is 11.1. The third-order valence-electron chi connectivity index (χ3n) is 3.32. The maximum atomic E-state index is 5.79. The van der Waals surface area contributed by atoms with Crippen molar-refractivity contribution in [3.63, 3.8) is 0 Å². The van der Waals surface area contributed by atoms with Gasteiger partial charge in [0.2, 0.25) is 0 Å². The van der Waals surface area contributed by atoms with Gasteiger partial charge in [-0.1, -0.05) is 58.7 Å². The summed E-state index contributed by atoms with van der Waals surface area (Å²) in [7, 11) is 0. The Morgan fingerprint density at radius 3 is 1.26 bits per heavy atom. The van der Waals surface area contributed by atoms with Gasteiger partial charge in [0.1, 0.15) is 0 Å². The lowest BCUT2D eigenvalue weighted by molar-refractivity contribution is 0.635. The van der Waals surface area contributed by atoms with Crippen molar-refractivity contribution in [2.75, 3.05) is 0 Å². The fourth-order valence-corrected chi connectivity index (χ4v) is 2.74. The zero-order valence-electron chi connectivity index (χ0n) is 12.1. The number of nitrogens with two attached hydrogens (primary N) is 1. The molecule has 2 heteroatoms. The second kappa shape index (κ2) is 5.55. The molecule has 0 amide bonds. The first kappa shape index (κ1) is 13.8. The van der Waals surface area contributed by atoms with Gasteiger partial charge < -0.3 is 0 Å². The summed E-state index contributed by atoms with van der Waals surface area (Å²) in [6.45, 7) is 8.47. The number of hydrogen-bond acceptors (Lipinski definition) is 2. The molecule has 19 heavy (non-hydrogen) atoms. The van der Waals surface area contributed by atoms with Gasteiger partial charge in [-0.2, -0.15) is 0 Å². The Morgan fingerprint density at radius 1 is 0.684 bits per heavy atom. The monoisotopic (exact) mass is 254 g/mol. The Balaban J connectivity index is 2.49. The van der Waals surface area contributed by atoms with Crippen molar-refractivity contribution in [1.82, 2.24) is 5.43 Å². The third-order valence-corrected chi connectivity index (χ3v) is 3.32. The lowest BCUT2D eigenvalue weighted by atomic mass is 9.94. The van der Waals surface area contributed by atoms with E-state index in [1.165, 1.54) is 33.4 Å². The molecule has 0 spiro atoms. The molecule has 0 aliphatic rings. The zero-order valence-corrected chi connectivity index (χ0v) is 12.1. The van der Waals surface area contributed by atoms with Crippen LogP contribution in [0.25, 0.3) is 0 Å². The summed E-state index contributed by atoms with van der Waals surface area (Å²) >= 11 is 0. The van der Waals surface area contributed by atoms with Crippen LogP contribution in [0.5, 0.6) is 0 Å². The van der Waals surface area contributed by atoms with Gasteiger partial charge >= 0.3 is 0 Å². The maximum absolute atomic E-state index is 5.79. The lowest BCUT2D eigenvalue weighted by Gasteiger charge is -2.19. The molecule has 0 aliphatic carbocycles. The first-order chi connectivity index (χ1) is 8.99. The number of benzene rings is 2. The summed E-state index contributed by atoms with van der Waals surface area (Å²) in [5.74, 6) is 5.79. The van der Waals surface area contributed by atoms with Gasteiger partial charge in [-0.3, -0.25) is 5.84 Å². The number of rotatable bonds is 3. The van der Waals surface area contributed by atoms with Crippen LogP contribution in [0.15, 0.2) is 36.4 Å². The van der Waals surface area contributed by atoms with E-state index >= 15 is 0 Å². The summed E-state index contributed by atoms with van der Waals surface area (Å²) in [6.07, 6.45) is 0. The smallest absolute Gasteiger partial charge is 0.0710 e. The van der Waals surface area contributed by atoms with E-state index in [-0.39, 0.29) is 6.04 Å². The fraction of sp³-hybridized carbons (Fsp3) is 0.294. The van der Waals surface area contributed by atoms with E-state index in [9.17, 15) is 0 Å². The number of hydrogen-bond donors (Lipinski definition) is 2. The van der Waals surface area contributed by atoms with Crippen molar-refractivity contribution in [1.29, 1.82) is 0 Å². The highest BCUT2D eigenvalue weighted by atomic mass is 15.2. The molecule has 0 heterocycles. The first-order valence-corrected chi connectivity index (χ1v) is 6.62. The Morgan fingerprint density at radius 2 is 1.00 bits per heavy atom. The summed E-state index contributed by atoms with van der Waals surface area (Å²) in [5.41, 5.74) is 10.4. The highest BCUT2D eigenvalue weighted by Gasteiger charge is 2.13. The molecule has 0 aliphatic heterocycles. The second-order valence-corrected chi connectivity index (χ2v) is 5.44. The molecule has 0 saturated heterocycles. The van der Waals surface area contributed by atoms with E-state index in [1.807, 2.05) is 0 Å². The molecule has 0 atom stereocenters. The molecule has 0 unspecified atom stereocenters. The van der Waals surface area contributed by atoms with Gasteiger partial charge in [-0.05, 0) is 38.8 Å². The molecule has 3 N–H and O–H groups in total. The van der Waals surface area contributed by atoms with Crippen molar-refractivity contribution in [2.45, 2.75) is 33.7 Å². The molecule has 2 aromatic carbocycles. The molecule has 2 nitrogen and oxygen atoms in total. The van der Waals surface area contributed by atoms with E-state index in [1.54, 1.807) is 0 Å². The lowest BCUT2D eigenvalue weighted by Crippen LogP contribution is -2.29. The van der Waals surface area contributed by atoms with E-state index in [0.29, 0.717) is 0 Å². The highest BCUT2D eigenvalue weighted by Crippen LogP contribution is 2.25. The molecular formula is C17H22N2. The zero-order chi connectivity index (χ0) is 14.0. The molecule has 0 aromatic heterocycles. The quantitative estimate of drug-likeness (QED) is 0.650. The van der Waals surface area contributed by atoms with Crippen LogP contribution in [0.3, 0.4) is 0 Å². The molecule has 2 rings (SSSR count). The molecule has 0 bridgehead atoms. The summed E-state index contributed by atoms with van der Waals surface area (Å²) < 4.78 is 0. The largest absolute Gasteiger partial charge is 0.271 e. The van der Waals surface area contributed by atoms with Crippen LogP contribution < -0.4 is 11.3 Å². The van der Waals surface area contributed by atoms with Gasteiger partial charge in [0.25, 0.3) is 0 Å². The average molecular weight is 254 g/mol. The van der Waals surface area contributed by atoms with Crippen molar-refractivity contribution in [3.8, 4) is 0 Å². The number of aryl methyl sites for hydroxylation is 4. The van der Waals surface area contributed by atoms with Crippen LogP contribution in [-0.2, 0) is 0 Å². The van der Waals surface area contributed by atoms with Crippen LogP contribution >= 0.6 is 0 Å². The minimum absolute atomic E-state index is 0.0391. The van der Waals surface area contributed by atoms with E-state index < -0.39 is 0 Å². The summed E-state index contributed by atoms with van der Waals surface area (Å²) in [4.78, 5) is 0. The standard InChI is InChI=1S/C17H22N2/c1-11-5-12(2)8-15(7-11)17(19-18)16-9-13(3)6-14(4)10-16/h5-10,17,19H,18H2,1-4H3. The van der Waals surface area contributed by atoms with Crippen LogP contribution in [-0.4, -0.2) is 0 Å². The summed E-state index contributed by atoms with van der Waals surface area (Å²) in [6, 6.07) is 13.2. The van der Waals surface area contributed by atoms with Crippen LogP contribution in [0.2, 0.25) is 0 Å². The average Bonchev–Trinajstić information content (AvgIpc) is 2.27. The van der Waals surface area contributed by atoms with Crippen molar-refractivity contribution in [3.05, 3.63) is 69.8 Å². The van der Waals surface area contributed by atoms with Crippen molar-refractivity contribution >= 4 is 0 Å². The van der Waals surface area contributed by atoms with Crippen LogP contribution in [0.1, 0.15) is 39.4 Å². The van der Waals surface area contributed by atoms with Gasteiger partial charge in [-0.25, -0.2) is 5.43 Å². The summed E-state index contributed by atoms with van der Waals surface area (Å²) in [5, 5.41) is 0. The predicted octanol–water partition coefficient (Wildman–Crippen LogP) is 3.47. The topological polar surface area (TPSA) is 38.0 Å². The molecule has 0 fully saturated rings. The molecule has 2 aromatic rings. The minimum atomic E-state index is 0.0391.